The fourth-order valence-corrected chi connectivity index (χ4v) is 4.72. The molecular weight excluding hydrogens is 470 g/mol. The van der Waals surface area contributed by atoms with Crippen molar-refractivity contribution in [3.05, 3.63) is 48.0 Å². The quantitative estimate of drug-likeness (QED) is 0.427. The fraction of sp³-hybridized carbons (Fsp3) is 0.407. The third kappa shape index (κ3) is 5.84. The van der Waals surface area contributed by atoms with Crippen molar-refractivity contribution in [3.63, 3.8) is 0 Å². The summed E-state index contributed by atoms with van der Waals surface area (Å²) in [6, 6.07) is 12.1. The molecule has 2 fully saturated rings. The van der Waals surface area contributed by atoms with E-state index >= 15 is 0 Å². The molecular formula is C27H33N7O3. The Balaban J connectivity index is 1.32. The van der Waals surface area contributed by atoms with Crippen LogP contribution in [0.4, 0.5) is 29.2 Å². The second-order valence-electron chi connectivity index (χ2n) is 9.37. The van der Waals surface area contributed by atoms with Crippen molar-refractivity contribution in [2.75, 3.05) is 53.7 Å². The highest BCUT2D eigenvalue weighted by atomic mass is 16.5. The minimum absolute atomic E-state index is 0.141. The summed E-state index contributed by atoms with van der Waals surface area (Å²) in [7, 11) is 1.44. The van der Waals surface area contributed by atoms with Crippen molar-refractivity contribution >= 4 is 35.1 Å². The summed E-state index contributed by atoms with van der Waals surface area (Å²) in [6.07, 6.45) is 7.07. The first-order valence-corrected chi connectivity index (χ1v) is 12.9. The Morgan fingerprint density at radius 3 is 1.95 bits per heavy atom. The summed E-state index contributed by atoms with van der Waals surface area (Å²) in [5.74, 6) is 1.59. The molecule has 5 rings (SSSR count). The topological polar surface area (TPSA) is 116 Å². The number of amides is 1. The Morgan fingerprint density at radius 1 is 0.811 bits per heavy atom. The molecule has 3 aromatic rings. The maximum absolute atomic E-state index is 12.7. The van der Waals surface area contributed by atoms with Gasteiger partial charge in [0.2, 0.25) is 17.8 Å². The molecule has 1 amide bonds. The number of phenolic OH excluding ortho intramolecular Hbond substituents is 1. The Labute approximate surface area is 216 Å². The van der Waals surface area contributed by atoms with E-state index in [4.69, 9.17) is 19.7 Å². The van der Waals surface area contributed by atoms with Crippen LogP contribution < -0.4 is 25.2 Å². The molecule has 0 spiro atoms. The number of nitrogens with zero attached hydrogens (tertiary/aromatic N) is 5. The van der Waals surface area contributed by atoms with E-state index in [-0.39, 0.29) is 17.1 Å². The zero-order chi connectivity index (χ0) is 25.6. The van der Waals surface area contributed by atoms with E-state index in [0.29, 0.717) is 11.6 Å². The average molecular weight is 504 g/mol. The van der Waals surface area contributed by atoms with E-state index in [2.05, 4.69) is 20.4 Å². The number of piperidine rings is 2. The lowest BCUT2D eigenvalue weighted by Gasteiger charge is -2.30. The number of carbonyl (C=O) groups is 1. The molecule has 0 atom stereocenters. The SMILES string of the molecule is COc1cccc(C(=O)Nc2ccc(Nc3nc(N4CCCCC4)nc(N4CCCCC4)n3)cc2)c1O. The van der Waals surface area contributed by atoms with Gasteiger partial charge in [0.25, 0.3) is 5.91 Å². The second-order valence-corrected chi connectivity index (χ2v) is 9.37. The van der Waals surface area contributed by atoms with Gasteiger partial charge in [-0.05, 0) is 74.9 Å². The van der Waals surface area contributed by atoms with Gasteiger partial charge < -0.3 is 30.3 Å². The van der Waals surface area contributed by atoms with Gasteiger partial charge in [-0.15, -0.1) is 0 Å². The Bertz CT molecular complexity index is 1190. The highest BCUT2D eigenvalue weighted by Crippen LogP contribution is 2.30. The molecule has 10 heteroatoms. The Morgan fingerprint density at radius 2 is 1.38 bits per heavy atom. The van der Waals surface area contributed by atoms with Gasteiger partial charge in [0, 0.05) is 37.6 Å². The van der Waals surface area contributed by atoms with E-state index in [1.54, 1.807) is 30.3 Å². The summed E-state index contributed by atoms with van der Waals surface area (Å²) >= 11 is 0. The van der Waals surface area contributed by atoms with Crippen LogP contribution in [-0.2, 0) is 0 Å². The molecule has 2 aliphatic rings. The van der Waals surface area contributed by atoms with Crippen LogP contribution in [0.2, 0.25) is 0 Å². The van der Waals surface area contributed by atoms with E-state index in [0.717, 1.165) is 69.4 Å². The highest BCUT2D eigenvalue weighted by Gasteiger charge is 2.20. The predicted molar refractivity (Wildman–Crippen MR) is 144 cm³/mol. The number of methoxy groups -OCH3 is 1. The van der Waals surface area contributed by atoms with Crippen molar-refractivity contribution in [2.45, 2.75) is 38.5 Å². The minimum atomic E-state index is -0.424. The number of ether oxygens (including phenoxy) is 1. The standard InChI is InChI=1S/C27H33N7O3/c1-37-22-10-8-9-21(23(22)35)24(36)28-19-11-13-20(14-12-19)29-25-30-26(33-15-4-2-5-16-33)32-27(31-25)34-17-6-3-7-18-34/h8-14,35H,2-7,15-18H2,1H3,(H,28,36)(H,29,30,31,32). The van der Waals surface area contributed by atoms with Crippen LogP contribution in [0.25, 0.3) is 0 Å². The zero-order valence-electron chi connectivity index (χ0n) is 21.1. The number of benzene rings is 2. The van der Waals surface area contributed by atoms with E-state index in [1.165, 1.54) is 20.0 Å². The summed E-state index contributed by atoms with van der Waals surface area (Å²) in [6.45, 7) is 3.83. The van der Waals surface area contributed by atoms with Crippen LogP contribution in [0.1, 0.15) is 48.9 Å². The zero-order valence-corrected chi connectivity index (χ0v) is 21.1. The van der Waals surface area contributed by atoms with Crippen molar-refractivity contribution in [2.24, 2.45) is 0 Å². The van der Waals surface area contributed by atoms with E-state index < -0.39 is 5.91 Å². The third-order valence-corrected chi connectivity index (χ3v) is 6.75. The summed E-state index contributed by atoms with van der Waals surface area (Å²) < 4.78 is 5.09. The number of carbonyl (C=O) groups excluding carboxylic acids is 1. The van der Waals surface area contributed by atoms with Gasteiger partial charge in [-0.3, -0.25) is 4.79 Å². The molecule has 3 N–H and O–H groups in total. The lowest BCUT2D eigenvalue weighted by atomic mass is 10.1. The lowest BCUT2D eigenvalue weighted by Crippen LogP contribution is -2.34. The maximum atomic E-state index is 12.7. The van der Waals surface area contributed by atoms with Gasteiger partial charge in [-0.2, -0.15) is 15.0 Å². The van der Waals surface area contributed by atoms with Crippen molar-refractivity contribution < 1.29 is 14.6 Å². The van der Waals surface area contributed by atoms with Crippen LogP contribution in [0.5, 0.6) is 11.5 Å². The number of para-hydroxylation sites is 1. The van der Waals surface area contributed by atoms with Crippen LogP contribution in [0.15, 0.2) is 42.5 Å². The van der Waals surface area contributed by atoms with Crippen LogP contribution in [0, 0.1) is 0 Å². The summed E-state index contributed by atoms with van der Waals surface area (Å²) in [4.78, 5) is 31.5. The van der Waals surface area contributed by atoms with Gasteiger partial charge in [0.1, 0.15) is 0 Å². The smallest absolute Gasteiger partial charge is 0.259 e. The lowest BCUT2D eigenvalue weighted by molar-refractivity contribution is 0.102. The number of nitrogens with one attached hydrogen (secondary N) is 2. The molecule has 0 saturated carbocycles. The molecule has 2 aliphatic heterocycles. The Kier molecular flexibility index (Phi) is 7.53. The second kappa shape index (κ2) is 11.3. The van der Waals surface area contributed by atoms with Gasteiger partial charge >= 0.3 is 0 Å². The maximum Gasteiger partial charge on any atom is 0.259 e. The number of rotatable bonds is 7. The van der Waals surface area contributed by atoms with Crippen LogP contribution in [-0.4, -0.2) is 59.3 Å². The highest BCUT2D eigenvalue weighted by molar-refractivity contribution is 6.06. The number of aromatic nitrogens is 3. The fourth-order valence-electron chi connectivity index (χ4n) is 4.72. The van der Waals surface area contributed by atoms with Crippen molar-refractivity contribution in [1.29, 1.82) is 0 Å². The number of hydrogen-bond acceptors (Lipinski definition) is 9. The predicted octanol–water partition coefficient (Wildman–Crippen LogP) is 4.56. The first-order valence-electron chi connectivity index (χ1n) is 12.9. The number of hydrogen-bond donors (Lipinski definition) is 3. The molecule has 2 aromatic carbocycles. The van der Waals surface area contributed by atoms with Gasteiger partial charge in [-0.1, -0.05) is 6.07 Å². The monoisotopic (exact) mass is 503 g/mol. The van der Waals surface area contributed by atoms with Gasteiger partial charge in [-0.25, -0.2) is 0 Å². The Hall–Kier alpha value is -4.08. The molecule has 3 heterocycles. The molecule has 0 aliphatic carbocycles. The molecule has 0 unspecified atom stereocenters. The third-order valence-electron chi connectivity index (χ3n) is 6.75. The summed E-state index contributed by atoms with van der Waals surface area (Å²) in [5.41, 5.74) is 1.53. The van der Waals surface area contributed by atoms with Gasteiger partial charge in [0.05, 0.1) is 12.7 Å². The van der Waals surface area contributed by atoms with Gasteiger partial charge in [0.15, 0.2) is 11.5 Å². The van der Waals surface area contributed by atoms with Crippen molar-refractivity contribution in [1.82, 2.24) is 15.0 Å². The van der Waals surface area contributed by atoms with E-state index in [9.17, 15) is 9.90 Å². The number of anilines is 5. The molecule has 2 saturated heterocycles. The largest absolute Gasteiger partial charge is 0.504 e. The molecule has 37 heavy (non-hydrogen) atoms. The normalized spacial score (nSPS) is 15.8. The summed E-state index contributed by atoms with van der Waals surface area (Å²) in [5, 5.41) is 16.4. The van der Waals surface area contributed by atoms with Crippen LogP contribution in [0.3, 0.4) is 0 Å². The molecule has 0 radical (unpaired) electrons. The van der Waals surface area contributed by atoms with Crippen LogP contribution >= 0.6 is 0 Å². The minimum Gasteiger partial charge on any atom is -0.504 e. The van der Waals surface area contributed by atoms with Crippen molar-refractivity contribution in [3.8, 4) is 11.5 Å². The van der Waals surface area contributed by atoms with E-state index in [1.807, 2.05) is 12.1 Å². The molecule has 1 aromatic heterocycles. The average Bonchev–Trinajstić information content (AvgIpc) is 2.95. The number of phenols is 1. The number of aromatic hydroxyl groups is 1. The molecule has 194 valence electrons. The first-order chi connectivity index (χ1) is 18.1. The molecule has 10 nitrogen and oxygen atoms in total. The first kappa shape index (κ1) is 24.6. The molecule has 0 bridgehead atoms.